The van der Waals surface area contributed by atoms with Crippen LogP contribution in [0.25, 0.3) is 0 Å². The summed E-state index contributed by atoms with van der Waals surface area (Å²) >= 11 is 6.68. The molecule has 0 aliphatic carbocycles. The van der Waals surface area contributed by atoms with E-state index < -0.39 is 0 Å². The fraction of sp³-hybridized carbons (Fsp3) is 0.889. The van der Waals surface area contributed by atoms with E-state index in [0.29, 0.717) is 0 Å². The smallest absolute Gasteiger partial charge is 1.00 e. The van der Waals surface area contributed by atoms with Gasteiger partial charge in [-0.15, -0.1) is 0 Å². The van der Waals surface area contributed by atoms with Crippen LogP contribution in [-0.4, -0.2) is 16.7 Å². The Balaban J connectivity index is -0.000000605. The van der Waals surface area contributed by atoms with Gasteiger partial charge in [0.1, 0.15) is 0 Å². The van der Waals surface area contributed by atoms with E-state index in [4.69, 9.17) is 17.0 Å². The molecule has 0 aromatic carbocycles. The molecule has 0 aromatic rings. The number of ether oxygens (including phenoxy) is 1. The van der Waals surface area contributed by atoms with E-state index >= 15 is 0 Å². The summed E-state index contributed by atoms with van der Waals surface area (Å²) in [6.45, 7) is 5.12. The molecular formula is C9H19KOS2. The first kappa shape index (κ1) is 17.3. The molecule has 0 atom stereocenters. The van der Waals surface area contributed by atoms with Crippen molar-refractivity contribution in [1.29, 1.82) is 0 Å². The molecule has 0 fully saturated rings. The minimum absolute atomic E-state index is 0. The van der Waals surface area contributed by atoms with Crippen molar-refractivity contribution in [3.63, 3.8) is 0 Å². The molecule has 0 aliphatic rings. The zero-order valence-corrected chi connectivity index (χ0v) is 13.7. The van der Waals surface area contributed by atoms with Crippen molar-refractivity contribution in [2.75, 3.05) is 12.4 Å². The molecule has 4 heteroatoms. The summed E-state index contributed by atoms with van der Waals surface area (Å²) in [5.74, 6) is 1.10. The first-order chi connectivity index (χ1) is 5.81. The summed E-state index contributed by atoms with van der Waals surface area (Å²) in [7, 11) is 0. The van der Waals surface area contributed by atoms with Crippen molar-refractivity contribution in [2.45, 2.75) is 39.5 Å². The molecule has 0 unspecified atom stereocenters. The maximum atomic E-state index is 5.32. The molecule has 0 radical (unpaired) electrons. The Morgan fingerprint density at radius 1 is 1.31 bits per heavy atom. The van der Waals surface area contributed by atoms with Crippen LogP contribution in [0.2, 0.25) is 0 Å². The molecular weight excluding hydrogens is 227 g/mol. The second kappa shape index (κ2) is 13.9. The minimum Gasteiger partial charge on any atom is -1.00 e. The van der Waals surface area contributed by atoms with Crippen LogP contribution in [-0.2, 0) is 4.74 Å². The minimum atomic E-state index is 0. The molecule has 0 N–H and O–H groups in total. The summed E-state index contributed by atoms with van der Waals surface area (Å²) in [4.78, 5) is 0. The summed E-state index contributed by atoms with van der Waals surface area (Å²) in [6.07, 6.45) is 4.73. The standard InChI is InChI=1S/C9H18OS2.K.H/c1-3-5-7-10-9(11)12-8-6-4-2;;/h3-8H2,1-2H3;;/q;+1;-1. The molecule has 0 amide bonds. The number of rotatable bonds is 6. The van der Waals surface area contributed by atoms with Crippen molar-refractivity contribution in [2.24, 2.45) is 0 Å². The van der Waals surface area contributed by atoms with Crippen molar-refractivity contribution in [3.8, 4) is 0 Å². The van der Waals surface area contributed by atoms with Gasteiger partial charge in [-0.1, -0.05) is 38.5 Å². The Hall–Kier alpha value is 1.88. The van der Waals surface area contributed by atoms with E-state index in [-0.39, 0.29) is 52.8 Å². The second-order valence-corrected chi connectivity index (χ2v) is 4.35. The first-order valence-corrected chi connectivity index (χ1v) is 6.00. The molecule has 0 heterocycles. The third-order valence-electron chi connectivity index (χ3n) is 1.44. The summed E-state index contributed by atoms with van der Waals surface area (Å²) < 4.78 is 6.04. The van der Waals surface area contributed by atoms with Gasteiger partial charge in [0, 0.05) is 5.75 Å². The zero-order valence-electron chi connectivity index (χ0n) is 9.97. The van der Waals surface area contributed by atoms with Crippen LogP contribution in [0.1, 0.15) is 41.0 Å². The van der Waals surface area contributed by atoms with Crippen LogP contribution < -0.4 is 51.4 Å². The van der Waals surface area contributed by atoms with Crippen LogP contribution in [0.5, 0.6) is 0 Å². The Morgan fingerprint density at radius 3 is 2.46 bits per heavy atom. The Kier molecular flexibility index (Phi) is 18.4. The van der Waals surface area contributed by atoms with E-state index in [1.54, 1.807) is 11.8 Å². The van der Waals surface area contributed by atoms with Crippen LogP contribution in [0.4, 0.5) is 0 Å². The van der Waals surface area contributed by atoms with Crippen LogP contribution in [0, 0.1) is 0 Å². The van der Waals surface area contributed by atoms with Gasteiger partial charge in [0.05, 0.1) is 6.61 Å². The third-order valence-corrected chi connectivity index (χ3v) is 2.75. The third kappa shape index (κ3) is 13.9. The van der Waals surface area contributed by atoms with Gasteiger partial charge >= 0.3 is 51.4 Å². The molecule has 0 spiro atoms. The molecule has 1 nitrogen and oxygen atoms in total. The van der Waals surface area contributed by atoms with Gasteiger partial charge < -0.3 is 6.16 Å². The van der Waals surface area contributed by atoms with Crippen LogP contribution in [0.3, 0.4) is 0 Å². The average Bonchev–Trinajstić information content (AvgIpc) is 2.06. The molecule has 13 heavy (non-hydrogen) atoms. The van der Waals surface area contributed by atoms with E-state index in [1.807, 2.05) is 0 Å². The van der Waals surface area contributed by atoms with Gasteiger partial charge in [-0.25, -0.2) is 0 Å². The van der Waals surface area contributed by atoms with Gasteiger partial charge in [0.15, 0.2) is 0 Å². The van der Waals surface area contributed by atoms with Crippen molar-refractivity contribution in [3.05, 3.63) is 0 Å². The quantitative estimate of drug-likeness (QED) is 0.389. The van der Waals surface area contributed by atoms with E-state index in [0.717, 1.165) is 23.2 Å². The molecule has 0 saturated heterocycles. The SMILES string of the molecule is CCCCOC(=S)SCCCC.[H-].[K+]. The summed E-state index contributed by atoms with van der Waals surface area (Å²) in [6, 6.07) is 0. The number of hydrogen-bond donors (Lipinski definition) is 0. The first-order valence-electron chi connectivity index (χ1n) is 4.60. The normalized spacial score (nSPS) is 9.08. The van der Waals surface area contributed by atoms with Gasteiger partial charge in [0.2, 0.25) is 4.38 Å². The van der Waals surface area contributed by atoms with Crippen molar-refractivity contribution in [1.82, 2.24) is 0 Å². The van der Waals surface area contributed by atoms with Gasteiger partial charge in [-0.2, -0.15) is 0 Å². The van der Waals surface area contributed by atoms with Crippen molar-refractivity contribution < 1.29 is 57.5 Å². The molecule has 0 rings (SSSR count). The molecule has 0 aromatic heterocycles. The number of hydrogen-bond acceptors (Lipinski definition) is 3. The monoisotopic (exact) mass is 246 g/mol. The second-order valence-electron chi connectivity index (χ2n) is 2.65. The fourth-order valence-corrected chi connectivity index (χ4v) is 1.74. The molecule has 0 aliphatic heterocycles. The topological polar surface area (TPSA) is 9.23 Å². The Bertz CT molecular complexity index is 113. The van der Waals surface area contributed by atoms with Gasteiger partial charge in [-0.05, 0) is 25.1 Å². The van der Waals surface area contributed by atoms with Gasteiger partial charge in [-0.3, -0.25) is 0 Å². The predicted molar refractivity (Wildman–Crippen MR) is 61.9 cm³/mol. The zero-order chi connectivity index (χ0) is 9.23. The molecule has 0 saturated carbocycles. The Labute approximate surface area is 136 Å². The Morgan fingerprint density at radius 2 is 1.92 bits per heavy atom. The van der Waals surface area contributed by atoms with Crippen LogP contribution in [0.15, 0.2) is 0 Å². The molecule has 0 bridgehead atoms. The number of thioether (sulfide) groups is 1. The predicted octanol–water partition coefficient (Wildman–Crippen LogP) is 0.738. The average molecular weight is 246 g/mol. The maximum Gasteiger partial charge on any atom is 1.00 e. The largest absolute Gasteiger partial charge is 1.00 e. The fourth-order valence-electron chi connectivity index (χ4n) is 0.641. The maximum absolute atomic E-state index is 5.32. The molecule has 74 valence electrons. The number of unbranched alkanes of at least 4 members (excludes halogenated alkanes) is 2. The van der Waals surface area contributed by atoms with E-state index in [2.05, 4.69) is 13.8 Å². The van der Waals surface area contributed by atoms with E-state index in [1.165, 1.54) is 19.3 Å². The van der Waals surface area contributed by atoms with Crippen molar-refractivity contribution >= 4 is 28.4 Å². The van der Waals surface area contributed by atoms with E-state index in [9.17, 15) is 0 Å². The van der Waals surface area contributed by atoms with Crippen LogP contribution >= 0.6 is 24.0 Å². The number of thiocarbonyl (C=S) groups is 1. The summed E-state index contributed by atoms with van der Waals surface area (Å²) in [5, 5.41) is 0. The summed E-state index contributed by atoms with van der Waals surface area (Å²) in [5.41, 5.74) is 0. The van der Waals surface area contributed by atoms with Gasteiger partial charge in [0.25, 0.3) is 0 Å².